The third-order valence-electron chi connectivity index (χ3n) is 5.21. The number of piperidine rings is 2. The predicted octanol–water partition coefficient (Wildman–Crippen LogP) is 1.25. The van der Waals surface area contributed by atoms with Gasteiger partial charge in [-0.1, -0.05) is 6.07 Å². The van der Waals surface area contributed by atoms with Gasteiger partial charge in [0.25, 0.3) is 5.91 Å². The molecule has 1 aromatic carbocycles. The van der Waals surface area contributed by atoms with Crippen LogP contribution in [0, 0.1) is 11.7 Å². The molecule has 2 aliphatic heterocycles. The Morgan fingerprint density at radius 2 is 2.20 bits per heavy atom. The molecule has 2 N–H and O–H groups in total. The topological polar surface area (TPSA) is 75.9 Å². The number of carbonyl (C=O) groups is 2. The molecule has 2 amide bonds. The Morgan fingerprint density at radius 1 is 1.40 bits per heavy atom. The van der Waals surface area contributed by atoms with Crippen molar-refractivity contribution in [3.63, 3.8) is 0 Å². The minimum Gasteiger partial charge on any atom is -0.496 e. The Kier molecular flexibility index (Phi) is 5.22. The Morgan fingerprint density at radius 3 is 2.92 bits per heavy atom. The molecule has 0 saturated carbocycles. The molecule has 25 heavy (non-hydrogen) atoms. The number of carbonyl (C=O) groups excluding carboxylic acids is 2. The normalized spacial score (nSPS) is 23.4. The van der Waals surface area contributed by atoms with Crippen molar-refractivity contribution in [1.82, 2.24) is 9.80 Å². The van der Waals surface area contributed by atoms with Gasteiger partial charge in [0.15, 0.2) is 0 Å². The third-order valence-corrected chi connectivity index (χ3v) is 5.21. The van der Waals surface area contributed by atoms with E-state index in [0.29, 0.717) is 39.0 Å². The summed E-state index contributed by atoms with van der Waals surface area (Å²) in [5.74, 6) is -0.330. The summed E-state index contributed by atoms with van der Waals surface area (Å²) in [5.41, 5.74) is 5.61. The van der Waals surface area contributed by atoms with Crippen molar-refractivity contribution in [3.8, 4) is 5.75 Å². The fourth-order valence-electron chi connectivity index (χ4n) is 4.01. The Bertz CT molecular complexity index is 667. The molecular weight excluding hydrogens is 325 g/mol. The molecule has 2 saturated heterocycles. The van der Waals surface area contributed by atoms with Gasteiger partial charge in [-0.15, -0.1) is 0 Å². The van der Waals surface area contributed by atoms with E-state index in [4.69, 9.17) is 10.5 Å². The van der Waals surface area contributed by atoms with Crippen LogP contribution in [0.1, 0.15) is 29.6 Å². The number of rotatable bonds is 4. The molecule has 6 nitrogen and oxygen atoms in total. The molecular formula is C18H24FN3O3. The summed E-state index contributed by atoms with van der Waals surface area (Å²) in [6.45, 7) is 2.00. The first-order valence-corrected chi connectivity index (χ1v) is 8.68. The SMILES string of the molecule is COc1cccc(F)c1C(=O)N1CC[C@@H]2[C@@H](CCC(=O)N2CCN)C1. The summed E-state index contributed by atoms with van der Waals surface area (Å²) < 4.78 is 19.3. The maximum absolute atomic E-state index is 14.2. The molecule has 1 aromatic rings. The van der Waals surface area contributed by atoms with E-state index < -0.39 is 5.82 Å². The van der Waals surface area contributed by atoms with Gasteiger partial charge < -0.3 is 20.3 Å². The van der Waals surface area contributed by atoms with E-state index in [1.807, 2.05) is 4.90 Å². The molecule has 0 aromatic heterocycles. The number of nitrogens with zero attached hydrogens (tertiary/aromatic N) is 2. The summed E-state index contributed by atoms with van der Waals surface area (Å²) in [4.78, 5) is 28.5. The number of amides is 2. The van der Waals surface area contributed by atoms with Crippen molar-refractivity contribution in [2.24, 2.45) is 11.7 Å². The zero-order valence-corrected chi connectivity index (χ0v) is 14.4. The van der Waals surface area contributed by atoms with Crippen LogP contribution in [-0.2, 0) is 4.79 Å². The van der Waals surface area contributed by atoms with E-state index in [2.05, 4.69) is 0 Å². The summed E-state index contributed by atoms with van der Waals surface area (Å²) in [5, 5.41) is 0. The quantitative estimate of drug-likeness (QED) is 0.888. The molecule has 2 atom stereocenters. The molecule has 2 aliphatic rings. The molecule has 2 heterocycles. The van der Waals surface area contributed by atoms with Crippen LogP contribution in [0.2, 0.25) is 0 Å². The highest BCUT2D eigenvalue weighted by Crippen LogP contribution is 2.33. The van der Waals surface area contributed by atoms with Crippen LogP contribution in [0.3, 0.4) is 0 Å². The molecule has 3 rings (SSSR count). The standard InChI is InChI=1S/C18H24FN3O3/c1-25-15-4-2-3-13(19)17(15)18(24)21-9-7-14-12(11-21)5-6-16(23)22(14)10-8-20/h2-4,12,14H,5-11,20H2,1H3/t12-,14+/m0/s1. The van der Waals surface area contributed by atoms with Crippen LogP contribution >= 0.6 is 0 Å². The lowest BCUT2D eigenvalue weighted by molar-refractivity contribution is -0.140. The van der Waals surface area contributed by atoms with Gasteiger partial charge in [-0.05, 0) is 30.9 Å². The number of nitrogens with two attached hydrogens (primary N) is 1. The number of methoxy groups -OCH3 is 1. The van der Waals surface area contributed by atoms with Gasteiger partial charge in [-0.25, -0.2) is 4.39 Å². The van der Waals surface area contributed by atoms with Crippen LogP contribution in [0.25, 0.3) is 0 Å². The number of hydrogen-bond acceptors (Lipinski definition) is 4. The van der Waals surface area contributed by atoms with Gasteiger partial charge in [0.05, 0.1) is 7.11 Å². The van der Waals surface area contributed by atoms with Crippen molar-refractivity contribution in [2.75, 3.05) is 33.3 Å². The highest BCUT2D eigenvalue weighted by atomic mass is 19.1. The van der Waals surface area contributed by atoms with Crippen LogP contribution in [0.4, 0.5) is 4.39 Å². The Labute approximate surface area is 146 Å². The predicted molar refractivity (Wildman–Crippen MR) is 90.8 cm³/mol. The average molecular weight is 349 g/mol. The second-order valence-electron chi connectivity index (χ2n) is 6.60. The van der Waals surface area contributed by atoms with Gasteiger partial charge >= 0.3 is 0 Å². The second kappa shape index (κ2) is 7.39. The van der Waals surface area contributed by atoms with Gasteiger partial charge in [0.1, 0.15) is 17.1 Å². The molecule has 0 aliphatic carbocycles. The zero-order valence-electron chi connectivity index (χ0n) is 14.4. The Hall–Kier alpha value is -2.15. The lowest BCUT2D eigenvalue weighted by Crippen LogP contribution is -2.57. The van der Waals surface area contributed by atoms with Gasteiger partial charge in [0, 0.05) is 38.6 Å². The monoisotopic (exact) mass is 349 g/mol. The van der Waals surface area contributed by atoms with Crippen LogP contribution < -0.4 is 10.5 Å². The zero-order chi connectivity index (χ0) is 18.0. The van der Waals surface area contributed by atoms with E-state index in [1.54, 1.807) is 11.0 Å². The summed E-state index contributed by atoms with van der Waals surface area (Å²) in [7, 11) is 1.43. The second-order valence-corrected chi connectivity index (χ2v) is 6.60. The highest BCUT2D eigenvalue weighted by molar-refractivity contribution is 5.97. The van der Waals surface area contributed by atoms with Crippen molar-refractivity contribution < 1.29 is 18.7 Å². The van der Waals surface area contributed by atoms with E-state index in [1.165, 1.54) is 19.2 Å². The molecule has 0 radical (unpaired) electrons. The van der Waals surface area contributed by atoms with Gasteiger partial charge in [0.2, 0.25) is 5.91 Å². The fraction of sp³-hybridized carbons (Fsp3) is 0.556. The van der Waals surface area contributed by atoms with E-state index in [0.717, 1.165) is 6.42 Å². The van der Waals surface area contributed by atoms with Crippen molar-refractivity contribution >= 4 is 11.8 Å². The number of fused-ring (bicyclic) bond motifs is 1. The number of benzene rings is 1. The summed E-state index contributed by atoms with van der Waals surface area (Å²) in [6, 6.07) is 4.50. The van der Waals surface area contributed by atoms with E-state index >= 15 is 0 Å². The first kappa shape index (κ1) is 17.7. The number of hydrogen-bond donors (Lipinski definition) is 1. The van der Waals surface area contributed by atoms with Crippen LogP contribution in [-0.4, -0.2) is 60.9 Å². The lowest BCUT2D eigenvalue weighted by atomic mass is 9.83. The first-order chi connectivity index (χ1) is 12.1. The third kappa shape index (κ3) is 3.33. The minimum atomic E-state index is -0.574. The van der Waals surface area contributed by atoms with Crippen molar-refractivity contribution in [2.45, 2.75) is 25.3 Å². The van der Waals surface area contributed by atoms with Crippen LogP contribution in [0.5, 0.6) is 5.75 Å². The van der Waals surface area contributed by atoms with Crippen LogP contribution in [0.15, 0.2) is 18.2 Å². The minimum absolute atomic E-state index is 0.0193. The van der Waals surface area contributed by atoms with Gasteiger partial charge in [-0.2, -0.15) is 0 Å². The average Bonchev–Trinajstić information content (AvgIpc) is 2.63. The molecule has 0 unspecified atom stereocenters. The summed E-state index contributed by atoms with van der Waals surface area (Å²) in [6.07, 6.45) is 1.92. The van der Waals surface area contributed by atoms with Gasteiger partial charge in [-0.3, -0.25) is 9.59 Å². The summed E-state index contributed by atoms with van der Waals surface area (Å²) >= 11 is 0. The molecule has 0 spiro atoms. The van der Waals surface area contributed by atoms with Crippen molar-refractivity contribution in [1.29, 1.82) is 0 Å². The van der Waals surface area contributed by atoms with Crippen molar-refractivity contribution in [3.05, 3.63) is 29.6 Å². The largest absolute Gasteiger partial charge is 0.496 e. The number of halogens is 1. The lowest BCUT2D eigenvalue weighted by Gasteiger charge is -2.47. The number of ether oxygens (including phenoxy) is 1. The maximum atomic E-state index is 14.2. The molecule has 136 valence electrons. The Balaban J connectivity index is 1.77. The smallest absolute Gasteiger partial charge is 0.260 e. The number of likely N-dealkylation sites (tertiary alicyclic amines) is 2. The fourth-order valence-corrected chi connectivity index (χ4v) is 4.01. The molecule has 0 bridgehead atoms. The first-order valence-electron chi connectivity index (χ1n) is 8.68. The molecule has 7 heteroatoms. The van der Waals surface area contributed by atoms with E-state index in [-0.39, 0.29) is 35.1 Å². The van der Waals surface area contributed by atoms with E-state index in [9.17, 15) is 14.0 Å². The maximum Gasteiger partial charge on any atom is 0.260 e. The highest BCUT2D eigenvalue weighted by Gasteiger charge is 2.40. The molecule has 2 fully saturated rings.